The van der Waals surface area contributed by atoms with Crippen LogP contribution < -0.4 is 5.32 Å². The molecule has 5 nitrogen and oxygen atoms in total. The number of carbonyl (C=O) groups is 2. The van der Waals surface area contributed by atoms with Crippen molar-refractivity contribution in [3.8, 4) is 16.9 Å². The van der Waals surface area contributed by atoms with Gasteiger partial charge in [-0.1, -0.05) is 42.5 Å². The molecule has 0 aromatic heterocycles. The Labute approximate surface area is 133 Å². The van der Waals surface area contributed by atoms with E-state index in [9.17, 15) is 14.7 Å². The highest BCUT2D eigenvalue weighted by Gasteiger charge is 2.23. The van der Waals surface area contributed by atoms with Crippen LogP contribution in [0.2, 0.25) is 0 Å². The van der Waals surface area contributed by atoms with Gasteiger partial charge < -0.3 is 15.5 Å². The molecule has 0 bridgehead atoms. The molecule has 0 saturated heterocycles. The van der Waals surface area contributed by atoms with Crippen LogP contribution in [0, 0.1) is 0 Å². The molecule has 2 aromatic rings. The van der Waals surface area contributed by atoms with E-state index in [0.29, 0.717) is 5.56 Å². The molecule has 0 radical (unpaired) electrons. The van der Waals surface area contributed by atoms with Gasteiger partial charge in [0.05, 0.1) is 5.56 Å². The molecule has 0 aliphatic carbocycles. The van der Waals surface area contributed by atoms with Gasteiger partial charge in [-0.3, -0.25) is 4.79 Å². The first kappa shape index (κ1) is 15.9. The minimum Gasteiger partial charge on any atom is -0.507 e. The maximum atomic E-state index is 12.4. The van der Waals surface area contributed by atoms with Crippen LogP contribution >= 0.6 is 12.6 Å². The number of benzene rings is 2. The number of rotatable bonds is 5. The fraction of sp³-hybridized carbons (Fsp3) is 0.125. The molecule has 114 valence electrons. The topological polar surface area (TPSA) is 86.6 Å². The lowest BCUT2D eigenvalue weighted by Crippen LogP contribution is -2.42. The Kier molecular flexibility index (Phi) is 5.06. The van der Waals surface area contributed by atoms with Crippen LogP contribution in [0.4, 0.5) is 0 Å². The minimum atomic E-state index is -1.18. The van der Waals surface area contributed by atoms with Crippen molar-refractivity contribution in [2.24, 2.45) is 0 Å². The minimum absolute atomic E-state index is 0.0433. The van der Waals surface area contributed by atoms with Crippen LogP contribution in [-0.4, -0.2) is 33.9 Å². The summed E-state index contributed by atoms with van der Waals surface area (Å²) in [6, 6.07) is 12.7. The zero-order chi connectivity index (χ0) is 16.1. The van der Waals surface area contributed by atoms with E-state index >= 15 is 0 Å². The Morgan fingerprint density at radius 1 is 1.09 bits per heavy atom. The van der Waals surface area contributed by atoms with Crippen molar-refractivity contribution in [3.05, 3.63) is 54.1 Å². The Balaban J connectivity index is 2.42. The fourth-order valence-electron chi connectivity index (χ4n) is 2.05. The van der Waals surface area contributed by atoms with Crippen LogP contribution in [0.3, 0.4) is 0 Å². The van der Waals surface area contributed by atoms with Gasteiger partial charge in [-0.25, -0.2) is 4.79 Å². The van der Waals surface area contributed by atoms with Gasteiger partial charge in [0.25, 0.3) is 5.91 Å². The lowest BCUT2D eigenvalue weighted by molar-refractivity contribution is -0.138. The van der Waals surface area contributed by atoms with E-state index in [2.05, 4.69) is 17.9 Å². The summed E-state index contributed by atoms with van der Waals surface area (Å²) in [6.45, 7) is 0. The summed E-state index contributed by atoms with van der Waals surface area (Å²) >= 11 is 3.91. The average Bonchev–Trinajstić information content (AvgIpc) is 2.52. The third-order valence-corrected chi connectivity index (χ3v) is 3.51. The highest BCUT2D eigenvalue weighted by atomic mass is 32.1. The van der Waals surface area contributed by atoms with Crippen LogP contribution in [-0.2, 0) is 4.79 Å². The highest BCUT2D eigenvalue weighted by molar-refractivity contribution is 7.80. The van der Waals surface area contributed by atoms with Gasteiger partial charge in [-0.05, 0) is 17.2 Å². The van der Waals surface area contributed by atoms with Gasteiger partial charge in [-0.15, -0.1) is 0 Å². The summed E-state index contributed by atoms with van der Waals surface area (Å²) in [4.78, 5) is 23.4. The quantitative estimate of drug-likeness (QED) is 0.637. The summed E-state index contributed by atoms with van der Waals surface area (Å²) in [7, 11) is 0. The second-order valence-corrected chi connectivity index (χ2v) is 4.98. The van der Waals surface area contributed by atoms with E-state index < -0.39 is 17.9 Å². The first-order chi connectivity index (χ1) is 10.5. The molecule has 0 heterocycles. The molecule has 0 fully saturated rings. The zero-order valence-corrected chi connectivity index (χ0v) is 12.5. The number of carboxylic acids is 1. The second-order valence-electron chi connectivity index (χ2n) is 4.61. The largest absolute Gasteiger partial charge is 0.507 e. The van der Waals surface area contributed by atoms with Crippen molar-refractivity contribution >= 4 is 24.5 Å². The number of amides is 1. The lowest BCUT2D eigenvalue weighted by Gasteiger charge is -2.15. The Morgan fingerprint density at radius 2 is 1.77 bits per heavy atom. The maximum Gasteiger partial charge on any atom is 0.327 e. The number of hydrogen-bond donors (Lipinski definition) is 4. The molecule has 2 rings (SSSR count). The molecule has 6 heteroatoms. The maximum absolute atomic E-state index is 12.4. The van der Waals surface area contributed by atoms with Gasteiger partial charge in [0.15, 0.2) is 0 Å². The van der Waals surface area contributed by atoms with E-state index in [1.54, 1.807) is 24.3 Å². The number of nitrogens with one attached hydrogen (secondary N) is 1. The summed E-state index contributed by atoms with van der Waals surface area (Å²) in [5.74, 6) is -2.09. The van der Waals surface area contributed by atoms with Crippen LogP contribution in [0.25, 0.3) is 11.1 Å². The van der Waals surface area contributed by atoms with Crippen LogP contribution in [0.15, 0.2) is 48.5 Å². The van der Waals surface area contributed by atoms with Gasteiger partial charge in [0.2, 0.25) is 0 Å². The van der Waals surface area contributed by atoms with Gasteiger partial charge in [0.1, 0.15) is 11.8 Å². The number of aliphatic carboxylic acids is 1. The van der Waals surface area contributed by atoms with Gasteiger partial charge >= 0.3 is 5.97 Å². The predicted molar refractivity (Wildman–Crippen MR) is 86.3 cm³/mol. The van der Waals surface area contributed by atoms with E-state index in [0.717, 1.165) is 5.56 Å². The average molecular weight is 317 g/mol. The number of phenolic OH excluding ortho intramolecular Hbond substituents is 1. The van der Waals surface area contributed by atoms with E-state index in [1.165, 1.54) is 6.07 Å². The standard InChI is InChI=1S/C16H15NO4S/c18-13-8-4-7-11(10-5-2-1-3-6-10)14(13)15(19)17-12(9-22)16(20)21/h1-8,12,18,22H,9H2,(H,17,19)(H,20,21)/t12-/m0/s1. The third-order valence-electron chi connectivity index (χ3n) is 3.14. The molecule has 22 heavy (non-hydrogen) atoms. The molecule has 0 spiro atoms. The lowest BCUT2D eigenvalue weighted by atomic mass is 9.98. The second kappa shape index (κ2) is 7.00. The van der Waals surface area contributed by atoms with Crippen LogP contribution in [0.1, 0.15) is 10.4 Å². The van der Waals surface area contributed by atoms with Crippen molar-refractivity contribution in [1.82, 2.24) is 5.32 Å². The Hall–Kier alpha value is -2.47. The third kappa shape index (κ3) is 3.40. The molecule has 1 atom stereocenters. The number of carbonyl (C=O) groups excluding carboxylic acids is 1. The van der Waals surface area contributed by atoms with Crippen molar-refractivity contribution in [2.75, 3.05) is 5.75 Å². The fourth-order valence-corrected chi connectivity index (χ4v) is 2.30. The normalized spacial score (nSPS) is 11.7. The smallest absolute Gasteiger partial charge is 0.327 e. The number of thiol groups is 1. The Bertz CT molecular complexity index is 688. The summed E-state index contributed by atoms with van der Waals surface area (Å²) in [5, 5.41) is 21.4. The first-order valence-electron chi connectivity index (χ1n) is 6.56. The van der Waals surface area contributed by atoms with E-state index in [1.807, 2.05) is 18.2 Å². The molecule has 0 saturated carbocycles. The first-order valence-corrected chi connectivity index (χ1v) is 7.19. The summed E-state index contributed by atoms with van der Waals surface area (Å²) in [5.41, 5.74) is 1.32. The highest BCUT2D eigenvalue weighted by Crippen LogP contribution is 2.29. The number of hydrogen-bond acceptors (Lipinski definition) is 4. The van der Waals surface area contributed by atoms with E-state index in [4.69, 9.17) is 5.11 Å². The molecule has 0 aliphatic heterocycles. The Morgan fingerprint density at radius 3 is 2.36 bits per heavy atom. The summed E-state index contributed by atoms with van der Waals surface area (Å²) in [6.07, 6.45) is 0. The molecule has 2 aromatic carbocycles. The van der Waals surface area contributed by atoms with Crippen molar-refractivity contribution < 1.29 is 19.8 Å². The molecule has 0 aliphatic rings. The summed E-state index contributed by atoms with van der Waals surface area (Å²) < 4.78 is 0. The monoisotopic (exact) mass is 317 g/mol. The van der Waals surface area contributed by atoms with Crippen molar-refractivity contribution in [2.45, 2.75) is 6.04 Å². The van der Waals surface area contributed by atoms with Gasteiger partial charge in [-0.2, -0.15) is 12.6 Å². The molecular weight excluding hydrogens is 302 g/mol. The SMILES string of the molecule is O=C(N[C@@H](CS)C(=O)O)c1c(O)cccc1-c1ccccc1. The van der Waals surface area contributed by atoms with Crippen molar-refractivity contribution in [1.29, 1.82) is 0 Å². The number of phenols is 1. The predicted octanol–water partition coefficient (Wildman–Crippen LogP) is 2.17. The zero-order valence-electron chi connectivity index (χ0n) is 11.6. The number of aromatic hydroxyl groups is 1. The number of carboxylic acid groups (broad SMARTS) is 1. The molecule has 0 unspecified atom stereocenters. The van der Waals surface area contributed by atoms with E-state index in [-0.39, 0.29) is 17.1 Å². The molecule has 3 N–H and O–H groups in total. The molecule has 1 amide bonds. The van der Waals surface area contributed by atoms with Crippen LogP contribution in [0.5, 0.6) is 5.75 Å². The van der Waals surface area contributed by atoms with Crippen molar-refractivity contribution in [3.63, 3.8) is 0 Å². The van der Waals surface area contributed by atoms with Gasteiger partial charge in [0, 0.05) is 5.75 Å². The molecular formula is C16H15NO4S.